The normalized spacial score (nSPS) is 15.3. The Labute approximate surface area is 214 Å². The second-order valence-corrected chi connectivity index (χ2v) is 10.1. The SMILES string of the molecule is CSc1ccc(C2=NN(C(C)=O)C(c3cn(-c4ccccc4)nc3-c3ccc(SC)cc3)C2)cc1. The molecule has 1 aromatic heterocycles. The molecule has 5 nitrogen and oxygen atoms in total. The minimum absolute atomic E-state index is 0.0816. The summed E-state index contributed by atoms with van der Waals surface area (Å²) < 4.78 is 1.90. The highest BCUT2D eigenvalue weighted by atomic mass is 32.2. The highest BCUT2D eigenvalue weighted by molar-refractivity contribution is 7.98. The molecule has 5 rings (SSSR count). The van der Waals surface area contributed by atoms with Gasteiger partial charge in [-0.2, -0.15) is 10.2 Å². The fourth-order valence-electron chi connectivity index (χ4n) is 4.32. The molecule has 0 N–H and O–H groups in total. The summed E-state index contributed by atoms with van der Waals surface area (Å²) in [7, 11) is 0. The van der Waals surface area contributed by atoms with Crippen molar-refractivity contribution in [1.82, 2.24) is 14.8 Å². The van der Waals surface area contributed by atoms with E-state index in [0.717, 1.165) is 33.8 Å². The molecule has 0 radical (unpaired) electrons. The zero-order chi connectivity index (χ0) is 24.4. The van der Waals surface area contributed by atoms with E-state index in [1.54, 1.807) is 35.5 Å². The average molecular weight is 499 g/mol. The van der Waals surface area contributed by atoms with Crippen LogP contribution in [-0.2, 0) is 4.79 Å². The summed E-state index contributed by atoms with van der Waals surface area (Å²) in [5.74, 6) is -0.0816. The Kier molecular flexibility index (Phi) is 6.79. The van der Waals surface area contributed by atoms with Crippen LogP contribution in [0.4, 0.5) is 0 Å². The molecule has 1 aliphatic heterocycles. The number of para-hydroxylation sites is 1. The molecule has 3 aromatic carbocycles. The van der Waals surface area contributed by atoms with Crippen LogP contribution in [0.3, 0.4) is 0 Å². The second-order valence-electron chi connectivity index (χ2n) is 8.30. The maximum atomic E-state index is 12.7. The molecule has 0 spiro atoms. The molecular weight excluding hydrogens is 472 g/mol. The van der Waals surface area contributed by atoms with Crippen LogP contribution in [-0.4, -0.2) is 38.9 Å². The summed E-state index contributed by atoms with van der Waals surface area (Å²) in [5, 5.41) is 11.4. The third-order valence-corrected chi connectivity index (χ3v) is 7.63. The van der Waals surface area contributed by atoms with Crippen molar-refractivity contribution in [1.29, 1.82) is 0 Å². The Morgan fingerprint density at radius 1 is 0.857 bits per heavy atom. The van der Waals surface area contributed by atoms with Crippen molar-refractivity contribution in [2.45, 2.75) is 29.2 Å². The zero-order valence-corrected chi connectivity index (χ0v) is 21.5. The standard InChI is InChI=1S/C28H26N4OS2/c1-19(33)32-27(17-26(29-32)20-9-13-23(34-2)14-10-20)25-18-31(22-7-5-4-6-8-22)30-28(25)21-11-15-24(35-3)16-12-21/h4-16,18,27H,17H2,1-3H3. The van der Waals surface area contributed by atoms with Crippen molar-refractivity contribution in [3.05, 3.63) is 96.2 Å². The lowest BCUT2D eigenvalue weighted by atomic mass is 9.96. The molecule has 2 heterocycles. The topological polar surface area (TPSA) is 50.5 Å². The monoisotopic (exact) mass is 498 g/mol. The molecule has 0 saturated carbocycles. The van der Waals surface area contributed by atoms with Crippen molar-refractivity contribution >= 4 is 35.1 Å². The van der Waals surface area contributed by atoms with Crippen LogP contribution in [0.25, 0.3) is 16.9 Å². The number of carbonyl (C=O) groups is 1. The van der Waals surface area contributed by atoms with E-state index in [9.17, 15) is 4.79 Å². The molecule has 4 aromatic rings. The van der Waals surface area contributed by atoms with Crippen molar-refractivity contribution in [2.75, 3.05) is 12.5 Å². The van der Waals surface area contributed by atoms with Crippen LogP contribution in [0.2, 0.25) is 0 Å². The Morgan fingerprint density at radius 3 is 2.03 bits per heavy atom. The Bertz CT molecular complexity index is 1360. The number of carbonyl (C=O) groups excluding carboxylic acids is 1. The van der Waals surface area contributed by atoms with E-state index in [-0.39, 0.29) is 11.9 Å². The van der Waals surface area contributed by atoms with Crippen molar-refractivity contribution in [2.24, 2.45) is 5.10 Å². The molecule has 176 valence electrons. The van der Waals surface area contributed by atoms with Gasteiger partial charge in [0.05, 0.1) is 23.1 Å². The minimum atomic E-state index is -0.226. The summed E-state index contributed by atoms with van der Waals surface area (Å²) in [6, 6.07) is 26.6. The lowest BCUT2D eigenvalue weighted by Gasteiger charge is -2.20. The molecule has 1 atom stereocenters. The number of thioether (sulfide) groups is 2. The number of nitrogens with zero attached hydrogens (tertiary/aromatic N) is 4. The third-order valence-electron chi connectivity index (χ3n) is 6.14. The summed E-state index contributed by atoms with van der Waals surface area (Å²) in [5.41, 5.74) is 5.80. The third kappa shape index (κ3) is 4.79. The fraction of sp³-hybridized carbons (Fsp3) is 0.179. The predicted molar refractivity (Wildman–Crippen MR) is 145 cm³/mol. The van der Waals surface area contributed by atoms with Crippen LogP contribution in [0, 0.1) is 0 Å². The van der Waals surface area contributed by atoms with Gasteiger partial charge < -0.3 is 0 Å². The molecule has 0 saturated heterocycles. The average Bonchev–Trinajstić information content (AvgIpc) is 3.55. The summed E-state index contributed by atoms with van der Waals surface area (Å²) in [6.07, 6.45) is 6.81. The summed E-state index contributed by atoms with van der Waals surface area (Å²) in [6.45, 7) is 1.57. The Balaban J connectivity index is 1.58. The fourth-order valence-corrected chi connectivity index (χ4v) is 5.13. The molecule has 0 bridgehead atoms. The molecule has 1 amide bonds. The van der Waals surface area contributed by atoms with Gasteiger partial charge in [-0.3, -0.25) is 4.79 Å². The summed E-state index contributed by atoms with van der Waals surface area (Å²) >= 11 is 3.42. The Morgan fingerprint density at radius 2 is 1.46 bits per heavy atom. The van der Waals surface area contributed by atoms with Gasteiger partial charge in [-0.05, 0) is 54.5 Å². The maximum absolute atomic E-state index is 12.7. The van der Waals surface area contributed by atoms with E-state index in [0.29, 0.717) is 6.42 Å². The van der Waals surface area contributed by atoms with Gasteiger partial charge in [-0.1, -0.05) is 42.5 Å². The molecule has 0 fully saturated rings. The van der Waals surface area contributed by atoms with Gasteiger partial charge in [-0.25, -0.2) is 9.69 Å². The van der Waals surface area contributed by atoms with Crippen LogP contribution >= 0.6 is 23.5 Å². The smallest absolute Gasteiger partial charge is 0.240 e. The number of hydrazone groups is 1. The first kappa shape index (κ1) is 23.5. The second kappa shape index (κ2) is 10.1. The molecular formula is C28H26N4OS2. The van der Waals surface area contributed by atoms with Crippen LogP contribution in [0.5, 0.6) is 0 Å². The van der Waals surface area contributed by atoms with E-state index in [1.165, 1.54) is 9.79 Å². The first-order valence-electron chi connectivity index (χ1n) is 11.4. The van der Waals surface area contributed by atoms with E-state index < -0.39 is 0 Å². The Hall–Kier alpha value is -3.29. The minimum Gasteiger partial charge on any atom is -0.273 e. The molecule has 0 aliphatic carbocycles. The van der Waals surface area contributed by atoms with E-state index >= 15 is 0 Å². The molecule has 7 heteroatoms. The quantitative estimate of drug-likeness (QED) is 0.278. The largest absolute Gasteiger partial charge is 0.273 e. The first-order chi connectivity index (χ1) is 17.1. The van der Waals surface area contributed by atoms with Gasteiger partial charge in [0, 0.05) is 40.5 Å². The van der Waals surface area contributed by atoms with Crippen molar-refractivity contribution in [3.63, 3.8) is 0 Å². The molecule has 1 aliphatic rings. The lowest BCUT2D eigenvalue weighted by Crippen LogP contribution is -2.24. The number of hydrogen-bond donors (Lipinski definition) is 0. The number of hydrogen-bond acceptors (Lipinski definition) is 5. The number of rotatable bonds is 6. The van der Waals surface area contributed by atoms with E-state index in [4.69, 9.17) is 10.2 Å². The first-order valence-corrected chi connectivity index (χ1v) is 13.8. The number of aromatic nitrogens is 2. The molecule has 35 heavy (non-hydrogen) atoms. The predicted octanol–water partition coefficient (Wildman–Crippen LogP) is 6.68. The highest BCUT2D eigenvalue weighted by Gasteiger charge is 2.34. The van der Waals surface area contributed by atoms with E-state index in [1.807, 2.05) is 41.2 Å². The van der Waals surface area contributed by atoms with Gasteiger partial charge >= 0.3 is 0 Å². The van der Waals surface area contributed by atoms with Gasteiger partial charge in [0.25, 0.3) is 0 Å². The zero-order valence-electron chi connectivity index (χ0n) is 19.9. The number of benzene rings is 3. The molecule has 1 unspecified atom stereocenters. The van der Waals surface area contributed by atoms with E-state index in [2.05, 4.69) is 61.0 Å². The summed E-state index contributed by atoms with van der Waals surface area (Å²) in [4.78, 5) is 15.1. The van der Waals surface area contributed by atoms with Crippen molar-refractivity contribution < 1.29 is 4.79 Å². The lowest BCUT2D eigenvalue weighted by molar-refractivity contribution is -0.130. The van der Waals surface area contributed by atoms with Gasteiger partial charge in [0.1, 0.15) is 0 Å². The number of amides is 1. The van der Waals surface area contributed by atoms with Gasteiger partial charge in [0.15, 0.2) is 0 Å². The van der Waals surface area contributed by atoms with Crippen LogP contribution in [0.15, 0.2) is 100.0 Å². The van der Waals surface area contributed by atoms with Crippen molar-refractivity contribution in [3.8, 4) is 16.9 Å². The maximum Gasteiger partial charge on any atom is 0.240 e. The van der Waals surface area contributed by atoms with Crippen LogP contribution < -0.4 is 0 Å². The van der Waals surface area contributed by atoms with Gasteiger partial charge in [-0.15, -0.1) is 23.5 Å². The van der Waals surface area contributed by atoms with Gasteiger partial charge in [0.2, 0.25) is 5.91 Å². The highest BCUT2D eigenvalue weighted by Crippen LogP contribution is 2.38. The van der Waals surface area contributed by atoms with Crippen LogP contribution in [0.1, 0.15) is 30.5 Å².